The summed E-state index contributed by atoms with van der Waals surface area (Å²) in [5.74, 6) is 0. The van der Waals surface area contributed by atoms with Crippen LogP contribution in [-0.2, 0) is 6.54 Å². The molecule has 132 valence electrons. The summed E-state index contributed by atoms with van der Waals surface area (Å²) >= 11 is 11.7. The van der Waals surface area contributed by atoms with Gasteiger partial charge in [0, 0.05) is 23.3 Å². The molecule has 4 aromatic rings. The van der Waals surface area contributed by atoms with Gasteiger partial charge in [-0.05, 0) is 40.5 Å². The first-order chi connectivity index (χ1) is 13.2. The minimum Gasteiger partial charge on any atom is -0.334 e. The zero-order valence-corrected chi connectivity index (χ0v) is 16.3. The average molecular weight is 388 g/mol. The molecule has 0 spiro atoms. The van der Waals surface area contributed by atoms with Crippen LogP contribution in [0.25, 0.3) is 22.3 Å². The lowest BCUT2D eigenvalue weighted by molar-refractivity contribution is 0.781. The number of hydrogen-bond acceptors (Lipinski definition) is 1. The van der Waals surface area contributed by atoms with Crippen molar-refractivity contribution in [3.05, 3.63) is 112 Å². The van der Waals surface area contributed by atoms with Gasteiger partial charge in [-0.25, -0.2) is 0 Å². The van der Waals surface area contributed by atoms with E-state index >= 15 is 0 Å². The molecule has 0 radical (unpaired) electrons. The number of halogens is 1. The molecule has 0 unspecified atom stereocenters. The van der Waals surface area contributed by atoms with E-state index in [1.165, 1.54) is 22.3 Å². The number of nitrogens with zero attached hydrogens (tertiary/aromatic N) is 1. The highest BCUT2D eigenvalue weighted by Crippen LogP contribution is 2.32. The van der Waals surface area contributed by atoms with Crippen LogP contribution < -0.4 is 0 Å². The van der Waals surface area contributed by atoms with E-state index in [0.717, 1.165) is 15.2 Å². The summed E-state index contributed by atoms with van der Waals surface area (Å²) in [6.07, 6.45) is 2.16. The average Bonchev–Trinajstić information content (AvgIpc) is 2.72. The Hall–Kier alpha value is -2.68. The summed E-state index contributed by atoms with van der Waals surface area (Å²) in [6.45, 7) is 0.713. The lowest BCUT2D eigenvalue weighted by atomic mass is 9.96. The third-order valence-corrected chi connectivity index (χ3v) is 5.17. The van der Waals surface area contributed by atoms with E-state index in [2.05, 4.69) is 65.4 Å². The Labute approximate surface area is 169 Å². The van der Waals surface area contributed by atoms with Crippen molar-refractivity contribution in [1.29, 1.82) is 0 Å². The monoisotopic (exact) mass is 387 g/mol. The van der Waals surface area contributed by atoms with Crippen LogP contribution in [-0.4, -0.2) is 4.57 Å². The zero-order chi connectivity index (χ0) is 18.6. The molecular weight excluding hydrogens is 370 g/mol. The Morgan fingerprint density at radius 2 is 1.26 bits per heavy atom. The van der Waals surface area contributed by atoms with E-state index in [0.29, 0.717) is 6.54 Å². The maximum absolute atomic E-state index is 6.01. The van der Waals surface area contributed by atoms with Crippen molar-refractivity contribution in [2.45, 2.75) is 6.54 Å². The minimum absolute atomic E-state index is 0.713. The van der Waals surface area contributed by atoms with E-state index < -0.39 is 0 Å². The van der Waals surface area contributed by atoms with Gasteiger partial charge in [0.15, 0.2) is 0 Å². The Kier molecular flexibility index (Phi) is 5.19. The maximum Gasteiger partial charge on any atom is 0.106 e. The van der Waals surface area contributed by atoms with Crippen LogP contribution in [0.5, 0.6) is 0 Å². The number of rotatable bonds is 4. The highest BCUT2D eigenvalue weighted by Gasteiger charge is 2.10. The topological polar surface area (TPSA) is 4.93 Å². The van der Waals surface area contributed by atoms with Crippen LogP contribution in [0.4, 0.5) is 0 Å². The summed E-state index contributed by atoms with van der Waals surface area (Å²) in [5.41, 5.74) is 5.84. The number of aromatic nitrogens is 1. The molecule has 0 aliphatic heterocycles. The van der Waals surface area contributed by atoms with Crippen LogP contribution in [0.3, 0.4) is 0 Å². The van der Waals surface area contributed by atoms with Crippen LogP contribution in [0, 0.1) is 4.64 Å². The lowest BCUT2D eigenvalue weighted by Crippen LogP contribution is -2.03. The highest BCUT2D eigenvalue weighted by atomic mass is 35.5. The van der Waals surface area contributed by atoms with Crippen molar-refractivity contribution >= 4 is 23.8 Å². The van der Waals surface area contributed by atoms with Gasteiger partial charge in [-0.1, -0.05) is 96.6 Å². The van der Waals surface area contributed by atoms with Gasteiger partial charge in [-0.2, -0.15) is 0 Å². The van der Waals surface area contributed by atoms with Gasteiger partial charge in [0.25, 0.3) is 0 Å². The van der Waals surface area contributed by atoms with Crippen molar-refractivity contribution < 1.29 is 0 Å². The molecule has 27 heavy (non-hydrogen) atoms. The van der Waals surface area contributed by atoms with Gasteiger partial charge in [0.2, 0.25) is 0 Å². The molecule has 1 heterocycles. The Balaban J connectivity index is 1.85. The molecule has 1 nitrogen and oxygen atoms in total. The molecule has 0 saturated carbocycles. The van der Waals surface area contributed by atoms with Gasteiger partial charge in [-0.3, -0.25) is 0 Å². The number of benzene rings is 3. The molecular formula is C24H18ClNS. The van der Waals surface area contributed by atoms with Crippen molar-refractivity contribution in [2.24, 2.45) is 0 Å². The molecule has 0 amide bonds. The summed E-state index contributed by atoms with van der Waals surface area (Å²) in [7, 11) is 0. The molecule has 0 fully saturated rings. The normalized spacial score (nSPS) is 10.7. The fourth-order valence-electron chi connectivity index (χ4n) is 3.19. The fourth-order valence-corrected chi connectivity index (χ4v) is 3.55. The van der Waals surface area contributed by atoms with Crippen molar-refractivity contribution in [3.63, 3.8) is 0 Å². The van der Waals surface area contributed by atoms with Crippen molar-refractivity contribution in [1.82, 2.24) is 4.57 Å². The Morgan fingerprint density at radius 3 is 1.85 bits per heavy atom. The van der Waals surface area contributed by atoms with Crippen LogP contribution in [0.2, 0.25) is 5.02 Å². The van der Waals surface area contributed by atoms with E-state index in [-0.39, 0.29) is 0 Å². The predicted molar refractivity (Wildman–Crippen MR) is 117 cm³/mol. The van der Waals surface area contributed by atoms with Crippen molar-refractivity contribution in [3.8, 4) is 22.3 Å². The van der Waals surface area contributed by atoms with E-state index in [1.807, 2.05) is 36.4 Å². The Bertz CT molecular complexity index is 1100. The van der Waals surface area contributed by atoms with Gasteiger partial charge in [0.05, 0.1) is 0 Å². The summed E-state index contributed by atoms with van der Waals surface area (Å²) < 4.78 is 2.93. The minimum atomic E-state index is 0.713. The molecule has 0 aliphatic carbocycles. The van der Waals surface area contributed by atoms with Gasteiger partial charge < -0.3 is 4.57 Å². The maximum atomic E-state index is 6.01. The molecule has 0 bridgehead atoms. The second-order valence-electron chi connectivity index (χ2n) is 6.43. The lowest BCUT2D eigenvalue weighted by Gasteiger charge is -2.15. The standard InChI is InChI=1S/C24H18ClNS/c25-21-13-11-18(12-14-21)16-26-17-23(20-9-5-2-6-10-20)22(15-24(26)27)19-7-3-1-4-8-19/h1-15,17H,16H2. The first-order valence-electron chi connectivity index (χ1n) is 8.80. The van der Waals surface area contributed by atoms with E-state index in [4.69, 9.17) is 23.8 Å². The van der Waals surface area contributed by atoms with E-state index in [1.54, 1.807) is 0 Å². The summed E-state index contributed by atoms with van der Waals surface area (Å²) in [4.78, 5) is 0. The number of pyridine rings is 1. The molecule has 0 aliphatic rings. The largest absolute Gasteiger partial charge is 0.334 e. The smallest absolute Gasteiger partial charge is 0.106 e. The molecule has 0 saturated heterocycles. The molecule has 3 aromatic carbocycles. The van der Waals surface area contributed by atoms with Crippen molar-refractivity contribution in [2.75, 3.05) is 0 Å². The second kappa shape index (κ2) is 7.91. The molecule has 0 N–H and O–H groups in total. The molecule has 0 atom stereocenters. The summed E-state index contributed by atoms with van der Waals surface area (Å²) in [6, 6.07) is 30.8. The first-order valence-corrected chi connectivity index (χ1v) is 9.59. The molecule has 4 rings (SSSR count). The fraction of sp³-hybridized carbons (Fsp3) is 0.0417. The van der Waals surface area contributed by atoms with Crippen LogP contribution >= 0.6 is 23.8 Å². The van der Waals surface area contributed by atoms with Crippen LogP contribution in [0.15, 0.2) is 97.2 Å². The van der Waals surface area contributed by atoms with Crippen LogP contribution in [0.1, 0.15) is 5.56 Å². The first kappa shape index (κ1) is 17.7. The van der Waals surface area contributed by atoms with E-state index in [9.17, 15) is 0 Å². The van der Waals surface area contributed by atoms with Gasteiger partial charge >= 0.3 is 0 Å². The third kappa shape index (κ3) is 4.02. The Morgan fingerprint density at radius 1 is 0.704 bits per heavy atom. The number of hydrogen-bond donors (Lipinski definition) is 0. The molecule has 1 aromatic heterocycles. The SMILES string of the molecule is S=c1cc(-c2ccccc2)c(-c2ccccc2)cn1Cc1ccc(Cl)cc1. The summed E-state index contributed by atoms with van der Waals surface area (Å²) in [5, 5.41) is 0.742. The zero-order valence-electron chi connectivity index (χ0n) is 14.7. The quantitative estimate of drug-likeness (QED) is 0.334. The predicted octanol–water partition coefficient (Wildman–Crippen LogP) is 7.25. The highest BCUT2D eigenvalue weighted by molar-refractivity contribution is 7.71. The van der Waals surface area contributed by atoms with Gasteiger partial charge in [-0.15, -0.1) is 0 Å². The van der Waals surface area contributed by atoms with Gasteiger partial charge in [0.1, 0.15) is 4.64 Å². The third-order valence-electron chi connectivity index (χ3n) is 4.56. The second-order valence-corrected chi connectivity index (χ2v) is 7.28. The molecule has 3 heteroatoms.